The second-order valence-electron chi connectivity index (χ2n) is 5.44. The first-order chi connectivity index (χ1) is 10.1. The predicted molar refractivity (Wildman–Crippen MR) is 86.9 cm³/mol. The third-order valence-electron chi connectivity index (χ3n) is 3.83. The third kappa shape index (κ3) is 2.42. The molecule has 0 atom stereocenters. The van der Waals surface area contributed by atoms with Crippen LogP contribution in [0.3, 0.4) is 0 Å². The van der Waals surface area contributed by atoms with Crippen molar-refractivity contribution in [1.29, 1.82) is 0 Å². The van der Waals surface area contributed by atoms with Gasteiger partial charge in [-0.1, -0.05) is 29.8 Å². The SMILES string of the molecule is Cc1ccc2[nH]c(C(=O)Nc3ccccc3C)c(C)c2c1. The Bertz CT molecular complexity index is 830. The van der Waals surface area contributed by atoms with Crippen molar-refractivity contribution in [2.45, 2.75) is 20.8 Å². The van der Waals surface area contributed by atoms with Gasteiger partial charge in [0.2, 0.25) is 0 Å². The van der Waals surface area contributed by atoms with Gasteiger partial charge in [-0.3, -0.25) is 4.79 Å². The van der Waals surface area contributed by atoms with Gasteiger partial charge in [0.25, 0.3) is 5.91 Å². The highest BCUT2D eigenvalue weighted by Gasteiger charge is 2.15. The highest BCUT2D eigenvalue weighted by molar-refractivity contribution is 6.08. The van der Waals surface area contributed by atoms with E-state index in [9.17, 15) is 4.79 Å². The maximum absolute atomic E-state index is 12.5. The standard InChI is InChI=1S/C18H18N2O/c1-11-8-9-16-14(10-11)13(3)17(19-16)18(21)20-15-7-5-4-6-12(15)2/h4-10,19H,1-3H3,(H,20,21). The van der Waals surface area contributed by atoms with E-state index in [1.165, 1.54) is 5.56 Å². The average Bonchev–Trinajstić information content (AvgIpc) is 2.79. The van der Waals surface area contributed by atoms with Gasteiger partial charge in [0.15, 0.2) is 0 Å². The number of amides is 1. The van der Waals surface area contributed by atoms with E-state index in [0.717, 1.165) is 27.7 Å². The molecular formula is C18H18N2O. The minimum atomic E-state index is -0.101. The Hall–Kier alpha value is -2.55. The van der Waals surface area contributed by atoms with Crippen LogP contribution in [0.15, 0.2) is 42.5 Å². The predicted octanol–water partition coefficient (Wildman–Crippen LogP) is 4.35. The average molecular weight is 278 g/mol. The third-order valence-corrected chi connectivity index (χ3v) is 3.83. The Kier molecular flexibility index (Phi) is 3.26. The smallest absolute Gasteiger partial charge is 0.272 e. The van der Waals surface area contributed by atoms with Crippen LogP contribution in [0.1, 0.15) is 27.2 Å². The molecule has 3 rings (SSSR count). The van der Waals surface area contributed by atoms with Crippen LogP contribution < -0.4 is 5.32 Å². The Labute approximate surface area is 124 Å². The van der Waals surface area contributed by atoms with Gasteiger partial charge in [0, 0.05) is 16.6 Å². The van der Waals surface area contributed by atoms with Crippen LogP contribution in [0.25, 0.3) is 10.9 Å². The molecule has 0 fully saturated rings. The largest absolute Gasteiger partial charge is 0.350 e. The summed E-state index contributed by atoms with van der Waals surface area (Å²) in [4.78, 5) is 15.7. The second-order valence-corrected chi connectivity index (χ2v) is 5.44. The molecule has 0 aliphatic rings. The van der Waals surface area contributed by atoms with E-state index in [0.29, 0.717) is 5.69 Å². The van der Waals surface area contributed by atoms with Crippen molar-refractivity contribution in [3.63, 3.8) is 0 Å². The van der Waals surface area contributed by atoms with Crippen LogP contribution in [0.5, 0.6) is 0 Å². The van der Waals surface area contributed by atoms with Crippen molar-refractivity contribution >= 4 is 22.5 Å². The van der Waals surface area contributed by atoms with Crippen molar-refractivity contribution in [3.8, 4) is 0 Å². The van der Waals surface area contributed by atoms with Crippen LogP contribution >= 0.6 is 0 Å². The summed E-state index contributed by atoms with van der Waals surface area (Å²) < 4.78 is 0. The zero-order valence-corrected chi connectivity index (χ0v) is 12.4. The molecule has 3 heteroatoms. The lowest BCUT2D eigenvalue weighted by Gasteiger charge is -2.07. The number of rotatable bonds is 2. The van der Waals surface area contributed by atoms with E-state index in [1.807, 2.05) is 50.2 Å². The summed E-state index contributed by atoms with van der Waals surface area (Å²) >= 11 is 0. The van der Waals surface area contributed by atoms with Crippen LogP contribution in [-0.2, 0) is 0 Å². The Morgan fingerprint density at radius 3 is 2.57 bits per heavy atom. The van der Waals surface area contributed by atoms with Gasteiger partial charge in [-0.15, -0.1) is 0 Å². The summed E-state index contributed by atoms with van der Waals surface area (Å²) in [5.41, 5.74) is 5.69. The molecule has 2 N–H and O–H groups in total. The van der Waals surface area contributed by atoms with Gasteiger partial charge in [-0.25, -0.2) is 0 Å². The molecule has 2 aromatic carbocycles. The zero-order chi connectivity index (χ0) is 15.0. The number of aromatic amines is 1. The number of aryl methyl sites for hydroxylation is 3. The van der Waals surface area contributed by atoms with Gasteiger partial charge in [0.05, 0.1) is 0 Å². The molecule has 1 amide bonds. The number of carbonyl (C=O) groups excluding carboxylic acids is 1. The van der Waals surface area contributed by atoms with Crippen molar-refractivity contribution in [2.75, 3.05) is 5.32 Å². The lowest BCUT2D eigenvalue weighted by atomic mass is 10.1. The topological polar surface area (TPSA) is 44.9 Å². The quantitative estimate of drug-likeness (QED) is 0.719. The molecule has 0 saturated heterocycles. The summed E-state index contributed by atoms with van der Waals surface area (Å²) in [7, 11) is 0. The summed E-state index contributed by atoms with van der Waals surface area (Å²) in [6.07, 6.45) is 0. The zero-order valence-electron chi connectivity index (χ0n) is 12.4. The number of fused-ring (bicyclic) bond motifs is 1. The molecule has 0 bridgehead atoms. The number of aromatic nitrogens is 1. The minimum Gasteiger partial charge on any atom is -0.350 e. The molecule has 0 unspecified atom stereocenters. The number of nitrogens with one attached hydrogen (secondary N) is 2. The molecular weight excluding hydrogens is 260 g/mol. The maximum atomic E-state index is 12.5. The highest BCUT2D eigenvalue weighted by atomic mass is 16.1. The first-order valence-corrected chi connectivity index (χ1v) is 7.02. The van der Waals surface area contributed by atoms with Gasteiger partial charge in [-0.05, 0) is 50.1 Å². The first-order valence-electron chi connectivity index (χ1n) is 7.02. The van der Waals surface area contributed by atoms with E-state index in [2.05, 4.69) is 23.3 Å². The second kappa shape index (κ2) is 5.09. The summed E-state index contributed by atoms with van der Waals surface area (Å²) in [6, 6.07) is 13.9. The lowest BCUT2D eigenvalue weighted by Crippen LogP contribution is -2.14. The Morgan fingerprint density at radius 1 is 1.05 bits per heavy atom. The normalized spacial score (nSPS) is 10.8. The van der Waals surface area contributed by atoms with E-state index >= 15 is 0 Å². The molecule has 0 radical (unpaired) electrons. The molecule has 0 aliphatic carbocycles. The van der Waals surface area contributed by atoms with Gasteiger partial charge in [-0.2, -0.15) is 0 Å². The summed E-state index contributed by atoms with van der Waals surface area (Å²) in [5, 5.41) is 4.07. The van der Waals surface area contributed by atoms with Crippen molar-refractivity contribution in [2.24, 2.45) is 0 Å². The number of benzene rings is 2. The molecule has 0 saturated carbocycles. The van der Waals surface area contributed by atoms with Crippen LogP contribution in [0, 0.1) is 20.8 Å². The number of hydrogen-bond acceptors (Lipinski definition) is 1. The van der Waals surface area contributed by atoms with Gasteiger partial charge >= 0.3 is 0 Å². The fourth-order valence-electron chi connectivity index (χ4n) is 2.57. The maximum Gasteiger partial charge on any atom is 0.272 e. The van der Waals surface area contributed by atoms with Crippen molar-refractivity contribution in [3.05, 3.63) is 64.8 Å². The highest BCUT2D eigenvalue weighted by Crippen LogP contribution is 2.24. The van der Waals surface area contributed by atoms with Crippen LogP contribution in [-0.4, -0.2) is 10.9 Å². The van der Waals surface area contributed by atoms with Gasteiger partial charge in [0.1, 0.15) is 5.69 Å². The summed E-state index contributed by atoms with van der Waals surface area (Å²) in [5.74, 6) is -0.101. The number of H-pyrrole nitrogens is 1. The number of anilines is 1. The minimum absolute atomic E-state index is 0.101. The number of carbonyl (C=O) groups is 1. The van der Waals surface area contributed by atoms with E-state index < -0.39 is 0 Å². The molecule has 21 heavy (non-hydrogen) atoms. The monoisotopic (exact) mass is 278 g/mol. The number of hydrogen-bond donors (Lipinski definition) is 2. The van der Waals surface area contributed by atoms with E-state index in [4.69, 9.17) is 0 Å². The molecule has 3 aromatic rings. The molecule has 1 heterocycles. The molecule has 0 spiro atoms. The van der Waals surface area contributed by atoms with Gasteiger partial charge < -0.3 is 10.3 Å². The fourth-order valence-corrected chi connectivity index (χ4v) is 2.57. The summed E-state index contributed by atoms with van der Waals surface area (Å²) in [6.45, 7) is 6.01. The van der Waals surface area contributed by atoms with E-state index in [-0.39, 0.29) is 5.91 Å². The lowest BCUT2D eigenvalue weighted by molar-refractivity contribution is 0.102. The fraction of sp³-hybridized carbons (Fsp3) is 0.167. The molecule has 106 valence electrons. The first kappa shape index (κ1) is 13.4. The van der Waals surface area contributed by atoms with Crippen LogP contribution in [0.2, 0.25) is 0 Å². The van der Waals surface area contributed by atoms with Crippen LogP contribution in [0.4, 0.5) is 5.69 Å². The molecule has 3 nitrogen and oxygen atoms in total. The van der Waals surface area contributed by atoms with Crippen molar-refractivity contribution in [1.82, 2.24) is 4.98 Å². The van der Waals surface area contributed by atoms with E-state index in [1.54, 1.807) is 0 Å². The molecule has 0 aliphatic heterocycles. The van der Waals surface area contributed by atoms with Crippen molar-refractivity contribution < 1.29 is 4.79 Å². The Morgan fingerprint density at radius 2 is 1.81 bits per heavy atom. The molecule has 1 aromatic heterocycles. The number of para-hydroxylation sites is 1. The Balaban J connectivity index is 1.99.